The van der Waals surface area contributed by atoms with Gasteiger partial charge in [-0.2, -0.15) is 0 Å². The van der Waals surface area contributed by atoms with Crippen molar-refractivity contribution >= 4 is 11.0 Å². The van der Waals surface area contributed by atoms with Crippen molar-refractivity contribution in [1.29, 1.82) is 0 Å². The summed E-state index contributed by atoms with van der Waals surface area (Å²) in [5.74, 6) is 0.241. The Morgan fingerprint density at radius 1 is 1.00 bits per heavy atom. The average molecular weight is 446 g/mol. The molecule has 0 aliphatic carbocycles. The highest BCUT2D eigenvalue weighted by Crippen LogP contribution is 2.35. The van der Waals surface area contributed by atoms with E-state index in [9.17, 15) is 30.3 Å². The van der Waals surface area contributed by atoms with Gasteiger partial charge in [-0.3, -0.25) is 4.79 Å². The van der Waals surface area contributed by atoms with Crippen LogP contribution in [0.3, 0.4) is 0 Å². The summed E-state index contributed by atoms with van der Waals surface area (Å²) in [6.07, 6.45) is -6.04. The first-order valence-electron chi connectivity index (χ1n) is 9.74. The minimum Gasteiger partial charge on any atom is -0.508 e. The number of phenolic OH excluding ortho intramolecular Hbond substituents is 1. The molecule has 1 aliphatic rings. The van der Waals surface area contributed by atoms with Crippen molar-refractivity contribution in [3.8, 4) is 28.4 Å². The number of rotatable bonds is 5. The largest absolute Gasteiger partial charge is 0.508 e. The Bertz CT molecular complexity index is 1150. The molecule has 5 atom stereocenters. The van der Waals surface area contributed by atoms with Crippen LogP contribution in [0.25, 0.3) is 22.1 Å². The fourth-order valence-corrected chi connectivity index (χ4v) is 3.52. The first-order valence-corrected chi connectivity index (χ1v) is 9.74. The zero-order valence-corrected chi connectivity index (χ0v) is 16.9. The lowest BCUT2D eigenvalue weighted by Gasteiger charge is -2.39. The predicted octanol–water partition coefficient (Wildman–Crippen LogP) is 0.353. The van der Waals surface area contributed by atoms with E-state index >= 15 is 0 Å². The molecule has 2 heterocycles. The molecule has 1 fully saturated rings. The SMILES string of the molecule is COc1cc2c(=O)c(-c3ccc(O)cc3)coc2cc1O[C@H]1O[C@H](CO)[C@H](O)[C@@H](O)[C@H]1O. The first-order chi connectivity index (χ1) is 15.3. The van der Waals surface area contributed by atoms with E-state index in [0.717, 1.165) is 0 Å². The standard InChI is InChI=1S/C22H22O10/c1-29-15-6-12-14(30-9-13(18(12)25)10-2-4-11(24)5-3-10)7-16(15)31-22-21(28)20(27)19(26)17(8-23)32-22/h2-7,9,17,19-24,26-28H,8H2,1H3/t17-,19+,20-,21-,22+/m1/s1. The van der Waals surface area contributed by atoms with Gasteiger partial charge >= 0.3 is 0 Å². The van der Waals surface area contributed by atoms with E-state index in [4.69, 9.17) is 18.6 Å². The maximum atomic E-state index is 13.0. The molecular weight excluding hydrogens is 424 g/mol. The van der Waals surface area contributed by atoms with Crippen molar-refractivity contribution in [3.05, 3.63) is 52.9 Å². The van der Waals surface area contributed by atoms with Gasteiger partial charge < -0.3 is 44.2 Å². The van der Waals surface area contributed by atoms with Crippen LogP contribution in [0.2, 0.25) is 0 Å². The van der Waals surface area contributed by atoms with Crippen molar-refractivity contribution in [2.75, 3.05) is 13.7 Å². The Balaban J connectivity index is 1.71. The van der Waals surface area contributed by atoms with Crippen molar-refractivity contribution in [2.24, 2.45) is 0 Å². The lowest BCUT2D eigenvalue weighted by atomic mass is 9.99. The van der Waals surface area contributed by atoms with Gasteiger partial charge in [0.15, 0.2) is 11.5 Å². The van der Waals surface area contributed by atoms with Crippen LogP contribution in [-0.4, -0.2) is 70.0 Å². The highest BCUT2D eigenvalue weighted by molar-refractivity contribution is 5.84. The number of aromatic hydroxyl groups is 1. The minimum absolute atomic E-state index is 0.0462. The van der Waals surface area contributed by atoms with E-state index in [-0.39, 0.29) is 39.2 Å². The normalized spacial score (nSPS) is 25.6. The summed E-state index contributed by atoms with van der Waals surface area (Å²) in [5, 5.41) is 49.1. The van der Waals surface area contributed by atoms with E-state index in [0.29, 0.717) is 5.56 Å². The molecule has 4 rings (SSSR count). The summed E-state index contributed by atoms with van der Waals surface area (Å²) in [6.45, 7) is -0.603. The molecule has 2 aromatic carbocycles. The van der Waals surface area contributed by atoms with E-state index in [1.54, 1.807) is 12.1 Å². The quantitative estimate of drug-likeness (QED) is 0.370. The fraction of sp³-hybridized carbons (Fsp3) is 0.318. The highest BCUT2D eigenvalue weighted by Gasteiger charge is 2.45. The van der Waals surface area contributed by atoms with Crippen molar-refractivity contribution < 1.29 is 44.2 Å². The van der Waals surface area contributed by atoms with E-state index in [1.807, 2.05) is 0 Å². The second kappa shape index (κ2) is 8.77. The van der Waals surface area contributed by atoms with Crippen molar-refractivity contribution in [3.63, 3.8) is 0 Å². The Hall–Kier alpha value is -3.15. The summed E-state index contributed by atoms with van der Waals surface area (Å²) in [4.78, 5) is 13.0. The number of ether oxygens (including phenoxy) is 3. The maximum Gasteiger partial charge on any atom is 0.229 e. The minimum atomic E-state index is -1.61. The third-order valence-electron chi connectivity index (χ3n) is 5.33. The lowest BCUT2D eigenvalue weighted by molar-refractivity contribution is -0.277. The smallest absolute Gasteiger partial charge is 0.229 e. The molecule has 5 N–H and O–H groups in total. The van der Waals surface area contributed by atoms with Crippen LogP contribution in [-0.2, 0) is 4.74 Å². The lowest BCUT2D eigenvalue weighted by Crippen LogP contribution is -2.60. The van der Waals surface area contributed by atoms with Gasteiger partial charge in [0.25, 0.3) is 0 Å². The van der Waals surface area contributed by atoms with Crippen LogP contribution in [0.1, 0.15) is 0 Å². The number of fused-ring (bicyclic) bond motifs is 1. The molecule has 10 heteroatoms. The molecule has 32 heavy (non-hydrogen) atoms. The molecule has 0 saturated carbocycles. The van der Waals surface area contributed by atoms with Gasteiger partial charge in [-0.05, 0) is 23.8 Å². The van der Waals surface area contributed by atoms with Crippen LogP contribution in [0.4, 0.5) is 0 Å². The Labute approximate surface area is 181 Å². The molecule has 1 aromatic heterocycles. The van der Waals surface area contributed by atoms with Crippen molar-refractivity contribution in [1.82, 2.24) is 0 Å². The number of benzene rings is 2. The van der Waals surface area contributed by atoms with Crippen LogP contribution in [0.15, 0.2) is 51.9 Å². The average Bonchev–Trinajstić information content (AvgIpc) is 2.80. The highest BCUT2D eigenvalue weighted by atomic mass is 16.7. The summed E-state index contributed by atoms with van der Waals surface area (Å²) >= 11 is 0. The third-order valence-corrected chi connectivity index (χ3v) is 5.33. The zero-order valence-electron chi connectivity index (χ0n) is 16.9. The fourth-order valence-electron chi connectivity index (χ4n) is 3.52. The third kappa shape index (κ3) is 3.90. The molecule has 0 bridgehead atoms. The Morgan fingerprint density at radius 2 is 1.72 bits per heavy atom. The maximum absolute atomic E-state index is 13.0. The zero-order chi connectivity index (χ0) is 23.0. The van der Waals surface area contributed by atoms with Crippen LogP contribution >= 0.6 is 0 Å². The van der Waals surface area contributed by atoms with Gasteiger partial charge in [-0.25, -0.2) is 0 Å². The topological polar surface area (TPSA) is 159 Å². The number of hydrogen-bond donors (Lipinski definition) is 5. The van der Waals surface area contributed by atoms with Crippen LogP contribution in [0, 0.1) is 0 Å². The van der Waals surface area contributed by atoms with Gasteiger partial charge in [0.05, 0.1) is 24.7 Å². The van der Waals surface area contributed by atoms with E-state index < -0.39 is 37.3 Å². The molecule has 170 valence electrons. The Kier molecular flexibility index (Phi) is 6.04. The molecule has 0 unspecified atom stereocenters. The van der Waals surface area contributed by atoms with Gasteiger partial charge in [-0.15, -0.1) is 0 Å². The molecule has 10 nitrogen and oxygen atoms in total. The second-order valence-electron chi connectivity index (χ2n) is 7.34. The van der Waals surface area contributed by atoms with Gasteiger partial charge in [-0.1, -0.05) is 12.1 Å². The Morgan fingerprint density at radius 3 is 2.38 bits per heavy atom. The number of aliphatic hydroxyl groups is 4. The van der Waals surface area contributed by atoms with Crippen molar-refractivity contribution in [2.45, 2.75) is 30.7 Å². The van der Waals surface area contributed by atoms with Gasteiger partial charge in [0, 0.05) is 6.07 Å². The molecule has 3 aromatic rings. The number of methoxy groups -OCH3 is 1. The van der Waals surface area contributed by atoms with Gasteiger partial charge in [0.1, 0.15) is 42.0 Å². The summed E-state index contributed by atoms with van der Waals surface area (Å²) in [5.41, 5.74) is 0.661. The molecular formula is C22H22O10. The monoisotopic (exact) mass is 446 g/mol. The van der Waals surface area contributed by atoms with Crippen LogP contribution in [0.5, 0.6) is 17.2 Å². The summed E-state index contributed by atoms with van der Waals surface area (Å²) in [7, 11) is 1.35. The molecule has 0 spiro atoms. The van der Waals surface area contributed by atoms with Crippen LogP contribution < -0.4 is 14.9 Å². The van der Waals surface area contributed by atoms with E-state index in [1.165, 1.54) is 37.6 Å². The summed E-state index contributed by atoms with van der Waals surface area (Å²) in [6, 6.07) is 8.86. The van der Waals surface area contributed by atoms with E-state index in [2.05, 4.69) is 0 Å². The second-order valence-corrected chi connectivity index (χ2v) is 7.34. The number of phenols is 1. The molecule has 0 amide bonds. The number of aliphatic hydroxyl groups excluding tert-OH is 4. The summed E-state index contributed by atoms with van der Waals surface area (Å²) < 4.78 is 21.9. The molecule has 1 saturated heterocycles. The number of hydrogen-bond acceptors (Lipinski definition) is 10. The molecule has 1 aliphatic heterocycles. The predicted molar refractivity (Wildman–Crippen MR) is 111 cm³/mol. The first kappa shape index (κ1) is 22.1. The van der Waals surface area contributed by atoms with Gasteiger partial charge in [0.2, 0.25) is 11.7 Å². The molecule has 0 radical (unpaired) electrons.